The molecule has 0 aliphatic carbocycles. The van der Waals surface area contributed by atoms with Crippen LogP contribution in [0.15, 0.2) is 24.3 Å². The number of carbonyl (C=O) groups excluding carboxylic acids is 5. The molecule has 0 saturated carbocycles. The van der Waals surface area contributed by atoms with Gasteiger partial charge >= 0.3 is 0 Å². The Hall–Kier alpha value is -3.63. The number of phenolic OH excluding ortho intramolecular Hbond substituents is 1. The zero-order valence-corrected chi connectivity index (χ0v) is 26.8. The molecule has 1 aromatic carbocycles. The van der Waals surface area contributed by atoms with Gasteiger partial charge in [0, 0.05) is 6.42 Å². The lowest BCUT2D eigenvalue weighted by Gasteiger charge is -2.28. The number of benzene rings is 1. The third-order valence-corrected chi connectivity index (χ3v) is 7.28. The molecular weight excluding hydrogens is 550 g/mol. The summed E-state index contributed by atoms with van der Waals surface area (Å²) in [5.74, 6) is -2.80. The largest absolute Gasteiger partial charge is 0.508 e. The molecule has 1 aromatic rings. The molecule has 1 aliphatic rings. The molecule has 5 amide bonds. The van der Waals surface area contributed by atoms with E-state index < -0.39 is 59.7 Å². The zero-order valence-electron chi connectivity index (χ0n) is 26.8. The Kier molecular flexibility index (Phi) is 13.5. The van der Waals surface area contributed by atoms with Crippen molar-refractivity contribution >= 4 is 29.5 Å². The Morgan fingerprint density at radius 1 is 0.535 bits per heavy atom. The minimum Gasteiger partial charge on any atom is -0.508 e. The monoisotopic (exact) mass is 601 g/mol. The lowest BCUT2D eigenvalue weighted by molar-refractivity contribution is -0.135. The standard InChI is InChI=1S/C32H51N5O6/c1-17(2)13-23-28(39)34-25(15-19(5)6)31(42)37-27(20(7)8)32(43)36-24(14-18(3)4)29(40)35-26(30(41)33-23)16-21-9-11-22(38)12-10-21/h9-12,17-20,23-27,38H,13-16H2,1-8H3,(H,33,41)(H,34,39)(H,35,40)(H,36,43)(H,37,42)/t23-,24-,25-,26-,27-/m0/s1. The van der Waals surface area contributed by atoms with Gasteiger partial charge in [-0.05, 0) is 60.6 Å². The fourth-order valence-electron chi connectivity index (χ4n) is 5.05. The second-order valence-corrected chi connectivity index (χ2v) is 13.2. The van der Waals surface area contributed by atoms with E-state index in [1.54, 1.807) is 26.0 Å². The summed E-state index contributed by atoms with van der Waals surface area (Å²) in [7, 11) is 0. The Morgan fingerprint density at radius 3 is 1.28 bits per heavy atom. The molecule has 0 aromatic heterocycles. The fourth-order valence-corrected chi connectivity index (χ4v) is 5.05. The van der Waals surface area contributed by atoms with E-state index in [-0.39, 0.29) is 35.8 Å². The number of carbonyl (C=O) groups is 5. The van der Waals surface area contributed by atoms with Crippen LogP contribution in [0.5, 0.6) is 5.75 Å². The molecule has 11 nitrogen and oxygen atoms in total. The quantitative estimate of drug-likeness (QED) is 0.254. The van der Waals surface area contributed by atoms with Crippen LogP contribution in [0.1, 0.15) is 80.2 Å². The lowest BCUT2D eigenvalue weighted by atomic mass is 9.98. The maximum atomic E-state index is 13.7. The first-order valence-corrected chi connectivity index (χ1v) is 15.4. The molecule has 6 N–H and O–H groups in total. The van der Waals surface area contributed by atoms with Crippen molar-refractivity contribution in [1.82, 2.24) is 26.6 Å². The summed E-state index contributed by atoms with van der Waals surface area (Å²) < 4.78 is 0. The number of aromatic hydroxyl groups is 1. The average Bonchev–Trinajstić information content (AvgIpc) is 2.89. The SMILES string of the molecule is CC(C)C[C@@H]1NC(=O)[C@H](Cc2ccc(O)cc2)NC(=O)[C@H](CC(C)C)NC(=O)[C@H](C(C)C)NC(=O)[C@H](CC(C)C)NC1=O. The summed E-state index contributed by atoms with van der Waals surface area (Å²) in [5, 5.41) is 23.8. The van der Waals surface area contributed by atoms with Gasteiger partial charge in [-0.2, -0.15) is 0 Å². The van der Waals surface area contributed by atoms with Gasteiger partial charge in [-0.1, -0.05) is 67.5 Å². The van der Waals surface area contributed by atoms with Crippen molar-refractivity contribution in [1.29, 1.82) is 0 Å². The van der Waals surface area contributed by atoms with Gasteiger partial charge in [0.1, 0.15) is 36.0 Å². The van der Waals surface area contributed by atoms with E-state index in [1.165, 1.54) is 12.1 Å². The third-order valence-electron chi connectivity index (χ3n) is 7.28. The first-order valence-electron chi connectivity index (χ1n) is 15.4. The normalized spacial score (nSPS) is 24.7. The molecule has 0 radical (unpaired) electrons. The second kappa shape index (κ2) is 16.3. The van der Waals surface area contributed by atoms with Gasteiger partial charge in [-0.15, -0.1) is 0 Å². The van der Waals surface area contributed by atoms with Crippen molar-refractivity contribution < 1.29 is 29.1 Å². The summed E-state index contributed by atoms with van der Waals surface area (Å²) in [6.45, 7) is 15.1. The maximum absolute atomic E-state index is 13.7. The molecule has 1 aliphatic heterocycles. The average molecular weight is 602 g/mol. The van der Waals surface area contributed by atoms with Crippen LogP contribution < -0.4 is 26.6 Å². The first-order chi connectivity index (χ1) is 20.1. The van der Waals surface area contributed by atoms with Crippen LogP contribution in [0.2, 0.25) is 0 Å². The van der Waals surface area contributed by atoms with Gasteiger partial charge in [0.2, 0.25) is 29.5 Å². The Balaban J connectivity index is 2.60. The van der Waals surface area contributed by atoms with Crippen molar-refractivity contribution in [3.63, 3.8) is 0 Å². The first kappa shape index (κ1) is 35.6. The van der Waals surface area contributed by atoms with Crippen LogP contribution in [-0.2, 0) is 30.4 Å². The molecule has 0 spiro atoms. The second-order valence-electron chi connectivity index (χ2n) is 13.2. The topological polar surface area (TPSA) is 166 Å². The molecule has 43 heavy (non-hydrogen) atoms. The highest BCUT2D eigenvalue weighted by atomic mass is 16.3. The van der Waals surface area contributed by atoms with E-state index in [0.29, 0.717) is 24.8 Å². The highest BCUT2D eigenvalue weighted by Gasteiger charge is 2.36. The van der Waals surface area contributed by atoms with Crippen molar-refractivity contribution in [3.8, 4) is 5.75 Å². The smallest absolute Gasteiger partial charge is 0.243 e. The Bertz CT molecular complexity index is 1120. The molecule has 1 fully saturated rings. The van der Waals surface area contributed by atoms with E-state index >= 15 is 0 Å². The van der Waals surface area contributed by atoms with Crippen molar-refractivity contribution in [2.75, 3.05) is 0 Å². The van der Waals surface area contributed by atoms with Gasteiger partial charge in [0.15, 0.2) is 0 Å². The summed E-state index contributed by atoms with van der Waals surface area (Å²) in [6.07, 6.45) is 1.01. The molecule has 0 bridgehead atoms. The number of hydrogen-bond donors (Lipinski definition) is 6. The molecule has 2 rings (SSSR count). The number of rotatable bonds is 9. The third kappa shape index (κ3) is 11.5. The molecule has 1 saturated heterocycles. The van der Waals surface area contributed by atoms with Crippen molar-refractivity contribution in [2.45, 2.75) is 111 Å². The number of phenols is 1. The summed E-state index contributed by atoms with van der Waals surface area (Å²) >= 11 is 0. The van der Waals surface area contributed by atoms with Gasteiger partial charge in [0.25, 0.3) is 0 Å². The predicted molar refractivity (Wildman–Crippen MR) is 165 cm³/mol. The van der Waals surface area contributed by atoms with Crippen LogP contribution in [0.4, 0.5) is 0 Å². The van der Waals surface area contributed by atoms with E-state index in [2.05, 4.69) is 26.6 Å². The maximum Gasteiger partial charge on any atom is 0.243 e. The Morgan fingerprint density at radius 2 is 0.884 bits per heavy atom. The van der Waals surface area contributed by atoms with Gasteiger partial charge < -0.3 is 31.7 Å². The summed E-state index contributed by atoms with van der Waals surface area (Å²) in [6, 6.07) is 1.38. The van der Waals surface area contributed by atoms with E-state index in [4.69, 9.17) is 0 Å². The van der Waals surface area contributed by atoms with E-state index in [9.17, 15) is 29.1 Å². The molecule has 240 valence electrons. The predicted octanol–water partition coefficient (Wildman–Crippen LogP) is 2.17. The number of hydrogen-bond acceptors (Lipinski definition) is 6. The van der Waals surface area contributed by atoms with Gasteiger partial charge in [0.05, 0.1) is 0 Å². The van der Waals surface area contributed by atoms with Gasteiger partial charge in [-0.3, -0.25) is 24.0 Å². The highest BCUT2D eigenvalue weighted by molar-refractivity contribution is 5.98. The Labute approximate surface area is 255 Å². The number of amides is 5. The molecular formula is C32H51N5O6. The van der Waals surface area contributed by atoms with Gasteiger partial charge in [-0.25, -0.2) is 0 Å². The van der Waals surface area contributed by atoms with Crippen molar-refractivity contribution in [3.05, 3.63) is 29.8 Å². The minimum absolute atomic E-state index is 0.0299. The van der Waals surface area contributed by atoms with Crippen molar-refractivity contribution in [2.24, 2.45) is 23.7 Å². The van der Waals surface area contributed by atoms with E-state index in [1.807, 2.05) is 41.5 Å². The van der Waals surface area contributed by atoms with Crippen LogP contribution in [0, 0.1) is 23.7 Å². The summed E-state index contributed by atoms with van der Waals surface area (Å²) in [5.41, 5.74) is 0.678. The molecule has 11 heteroatoms. The molecule has 1 heterocycles. The lowest BCUT2D eigenvalue weighted by Crippen LogP contribution is -2.59. The van der Waals surface area contributed by atoms with E-state index in [0.717, 1.165) is 0 Å². The molecule has 5 atom stereocenters. The highest BCUT2D eigenvalue weighted by Crippen LogP contribution is 2.15. The fraction of sp³-hybridized carbons (Fsp3) is 0.656. The van der Waals surface area contributed by atoms with Crippen LogP contribution >= 0.6 is 0 Å². The molecule has 0 unspecified atom stereocenters. The van der Waals surface area contributed by atoms with Crippen LogP contribution in [0.3, 0.4) is 0 Å². The van der Waals surface area contributed by atoms with Crippen LogP contribution in [-0.4, -0.2) is 64.9 Å². The number of nitrogens with one attached hydrogen (secondary N) is 5. The zero-order chi connectivity index (χ0) is 32.4. The van der Waals surface area contributed by atoms with Crippen LogP contribution in [0.25, 0.3) is 0 Å². The summed E-state index contributed by atoms with van der Waals surface area (Å²) in [4.78, 5) is 68.0. The minimum atomic E-state index is -1.08.